The number of hydrogen-bond acceptors (Lipinski definition) is 3. The molecule has 0 aliphatic carbocycles. The van der Waals surface area contributed by atoms with E-state index in [4.69, 9.17) is 12.3 Å². The van der Waals surface area contributed by atoms with E-state index < -0.39 is 33.8 Å². The van der Waals surface area contributed by atoms with Gasteiger partial charge in [-0.1, -0.05) is 152 Å². The molecule has 0 amide bonds. The van der Waals surface area contributed by atoms with Gasteiger partial charge in [0.15, 0.2) is 0 Å². The van der Waals surface area contributed by atoms with E-state index in [1.807, 2.05) is 0 Å². The Morgan fingerprint density at radius 2 is 0.571 bits per heavy atom. The summed E-state index contributed by atoms with van der Waals surface area (Å²) >= 11 is 0. The van der Waals surface area contributed by atoms with Crippen molar-refractivity contribution in [3.63, 3.8) is 0 Å². The highest BCUT2D eigenvalue weighted by Gasteiger charge is 2.51. The van der Waals surface area contributed by atoms with Gasteiger partial charge in [0.25, 0.3) is 0 Å². The third-order valence-corrected chi connectivity index (χ3v) is 25.3. The van der Waals surface area contributed by atoms with Crippen LogP contribution in [-0.4, -0.2) is 33.8 Å². The Bertz CT molecular complexity index is 1470. The second-order valence-corrected chi connectivity index (χ2v) is 25.7. The topological polar surface area (TPSA) is 27.7 Å². The molecular formula is C35H40O3Si4. The Morgan fingerprint density at radius 3 is 0.881 bits per heavy atom. The summed E-state index contributed by atoms with van der Waals surface area (Å²) in [5.74, 6) is 0. The summed E-state index contributed by atoms with van der Waals surface area (Å²) in [7, 11) is -11.1. The number of rotatable bonds is 11. The molecule has 1 unspecified atom stereocenters. The average molecular weight is 621 g/mol. The molecular weight excluding hydrogens is 581 g/mol. The molecule has 0 aromatic heterocycles. The van der Waals surface area contributed by atoms with E-state index in [9.17, 15) is 0 Å². The summed E-state index contributed by atoms with van der Waals surface area (Å²) in [6, 6.07) is 53.2. The first-order chi connectivity index (χ1) is 20.1. The van der Waals surface area contributed by atoms with Crippen molar-refractivity contribution in [1.82, 2.24) is 0 Å². The molecule has 0 spiro atoms. The van der Waals surface area contributed by atoms with E-state index in [0.29, 0.717) is 0 Å². The summed E-state index contributed by atoms with van der Waals surface area (Å²) in [5, 5.41) is 6.03. The largest absolute Gasteiger partial charge is 0.429 e. The van der Waals surface area contributed by atoms with Gasteiger partial charge in [0.2, 0.25) is 16.6 Å². The molecule has 5 aromatic rings. The van der Waals surface area contributed by atoms with Crippen LogP contribution >= 0.6 is 0 Å². The van der Waals surface area contributed by atoms with Gasteiger partial charge in [-0.3, -0.25) is 0 Å². The SMILES string of the molecule is C[Si](C)(O[Si](C)(O[Si](C)(c1ccccc1)c1ccccc1)c1ccccc1)O[Si](C)(c1ccccc1)c1ccccc1. The Morgan fingerprint density at radius 1 is 0.310 bits per heavy atom. The van der Waals surface area contributed by atoms with Gasteiger partial charge in [0.1, 0.15) is 0 Å². The minimum Gasteiger partial charge on any atom is -0.429 e. The first-order valence-electron chi connectivity index (χ1n) is 14.5. The van der Waals surface area contributed by atoms with Gasteiger partial charge in [0.05, 0.1) is 0 Å². The fourth-order valence-corrected chi connectivity index (χ4v) is 25.3. The van der Waals surface area contributed by atoms with Crippen molar-refractivity contribution in [3.8, 4) is 0 Å². The lowest BCUT2D eigenvalue weighted by atomic mass is 10.4. The molecule has 42 heavy (non-hydrogen) atoms. The standard InChI is InChI=1S/C35H40O3Si4/c1-39(2,36-40(3,31-21-11-6-12-22-31)32-23-13-7-14-24-32)37-42(5,35-29-19-10-20-30-35)38-41(4,33-25-15-8-16-26-33)34-27-17-9-18-28-34/h6-30H,1-5H3. The number of hydrogen-bond donors (Lipinski definition) is 0. The Kier molecular flexibility index (Phi) is 9.10. The van der Waals surface area contributed by atoms with Crippen LogP contribution in [-0.2, 0) is 12.3 Å². The van der Waals surface area contributed by atoms with Crippen molar-refractivity contribution in [3.05, 3.63) is 152 Å². The minimum atomic E-state index is -3.04. The van der Waals surface area contributed by atoms with Crippen molar-refractivity contribution in [2.45, 2.75) is 32.7 Å². The number of benzene rings is 5. The molecule has 0 bridgehead atoms. The summed E-state index contributed by atoms with van der Waals surface area (Å²) in [4.78, 5) is 0. The first kappa shape index (κ1) is 30.3. The maximum atomic E-state index is 7.57. The Balaban J connectivity index is 1.58. The van der Waals surface area contributed by atoms with E-state index >= 15 is 0 Å². The van der Waals surface area contributed by atoms with Gasteiger partial charge in [0, 0.05) is 0 Å². The van der Waals surface area contributed by atoms with Crippen LogP contribution in [0.25, 0.3) is 0 Å². The molecule has 0 saturated carbocycles. The van der Waals surface area contributed by atoms with Crippen molar-refractivity contribution in [1.29, 1.82) is 0 Å². The predicted molar refractivity (Wildman–Crippen MR) is 186 cm³/mol. The van der Waals surface area contributed by atoms with Crippen LogP contribution in [0.2, 0.25) is 32.7 Å². The fourth-order valence-electron chi connectivity index (χ4n) is 5.84. The van der Waals surface area contributed by atoms with Crippen molar-refractivity contribution < 1.29 is 12.3 Å². The van der Waals surface area contributed by atoms with Crippen LogP contribution in [0.4, 0.5) is 0 Å². The van der Waals surface area contributed by atoms with Crippen LogP contribution in [0.3, 0.4) is 0 Å². The molecule has 0 radical (unpaired) electrons. The monoisotopic (exact) mass is 620 g/mol. The highest BCUT2D eigenvalue weighted by molar-refractivity contribution is 7.05. The summed E-state index contributed by atoms with van der Waals surface area (Å²) in [5.41, 5.74) is 0. The quantitative estimate of drug-likeness (QED) is 0.183. The van der Waals surface area contributed by atoms with Gasteiger partial charge in [-0.25, -0.2) is 0 Å². The highest BCUT2D eigenvalue weighted by Crippen LogP contribution is 2.25. The summed E-state index contributed by atoms with van der Waals surface area (Å²) < 4.78 is 22.3. The van der Waals surface area contributed by atoms with Gasteiger partial charge in [-0.05, 0) is 58.7 Å². The molecule has 7 heteroatoms. The average Bonchev–Trinajstić information content (AvgIpc) is 3.02. The molecule has 214 valence electrons. The molecule has 1 atom stereocenters. The second kappa shape index (κ2) is 12.6. The van der Waals surface area contributed by atoms with Gasteiger partial charge in [-0.15, -0.1) is 0 Å². The highest BCUT2D eigenvalue weighted by atomic mass is 28.5. The van der Waals surface area contributed by atoms with E-state index in [0.717, 1.165) is 5.19 Å². The Hall–Kier alpha value is -3.15. The lowest BCUT2D eigenvalue weighted by molar-refractivity contribution is 0.342. The minimum absolute atomic E-state index is 1.11. The van der Waals surface area contributed by atoms with Crippen LogP contribution < -0.4 is 25.9 Å². The van der Waals surface area contributed by atoms with Gasteiger partial charge in [-0.2, -0.15) is 0 Å². The van der Waals surface area contributed by atoms with E-state index in [-0.39, 0.29) is 0 Å². The summed E-state index contributed by atoms with van der Waals surface area (Å²) in [6.45, 7) is 11.2. The van der Waals surface area contributed by atoms with Crippen molar-refractivity contribution >= 4 is 59.7 Å². The Labute approximate surface area is 255 Å². The lowest BCUT2D eigenvalue weighted by Crippen LogP contribution is -2.71. The molecule has 0 aliphatic rings. The predicted octanol–water partition coefficient (Wildman–Crippen LogP) is 5.50. The van der Waals surface area contributed by atoms with Crippen LogP contribution in [0.1, 0.15) is 0 Å². The molecule has 0 saturated heterocycles. The summed E-state index contributed by atoms with van der Waals surface area (Å²) in [6.07, 6.45) is 0. The molecule has 5 aromatic carbocycles. The van der Waals surface area contributed by atoms with Gasteiger partial charge < -0.3 is 12.3 Å². The maximum Gasteiger partial charge on any atom is 0.350 e. The third kappa shape index (κ3) is 6.58. The molecule has 5 rings (SSSR count). The van der Waals surface area contributed by atoms with Crippen molar-refractivity contribution in [2.24, 2.45) is 0 Å². The molecule has 0 N–H and O–H groups in total. The van der Waals surface area contributed by atoms with Crippen molar-refractivity contribution in [2.75, 3.05) is 0 Å². The van der Waals surface area contributed by atoms with Crippen LogP contribution in [0, 0.1) is 0 Å². The normalized spacial score (nSPS) is 13.8. The van der Waals surface area contributed by atoms with E-state index in [2.05, 4.69) is 184 Å². The second-order valence-electron chi connectivity index (χ2n) is 11.5. The van der Waals surface area contributed by atoms with E-state index in [1.54, 1.807) is 0 Å². The molecule has 0 fully saturated rings. The zero-order chi connectivity index (χ0) is 29.7. The lowest BCUT2D eigenvalue weighted by Gasteiger charge is -2.44. The molecule has 0 aliphatic heterocycles. The third-order valence-electron chi connectivity index (χ3n) is 7.89. The molecule has 3 nitrogen and oxygen atoms in total. The smallest absolute Gasteiger partial charge is 0.350 e. The van der Waals surface area contributed by atoms with Gasteiger partial charge >= 0.3 is 17.1 Å². The maximum absolute atomic E-state index is 7.57. The zero-order valence-electron chi connectivity index (χ0n) is 25.2. The molecule has 0 heterocycles. The van der Waals surface area contributed by atoms with E-state index in [1.165, 1.54) is 20.7 Å². The van der Waals surface area contributed by atoms with Crippen LogP contribution in [0.5, 0.6) is 0 Å². The first-order valence-corrected chi connectivity index (χ1v) is 24.5. The zero-order valence-corrected chi connectivity index (χ0v) is 29.2. The fraction of sp³-hybridized carbons (Fsp3) is 0.143. The van der Waals surface area contributed by atoms with Crippen LogP contribution in [0.15, 0.2) is 152 Å².